The highest BCUT2D eigenvalue weighted by Gasteiger charge is 2.48. The van der Waals surface area contributed by atoms with Crippen LogP contribution in [0.1, 0.15) is 33.1 Å². The van der Waals surface area contributed by atoms with Crippen molar-refractivity contribution in [3.05, 3.63) is 0 Å². The molecule has 0 aliphatic heterocycles. The topological polar surface area (TPSA) is 52.5 Å². The van der Waals surface area contributed by atoms with Gasteiger partial charge in [0.25, 0.3) is 0 Å². The molecule has 13 heavy (non-hydrogen) atoms. The number of rotatable bonds is 2. The smallest absolute Gasteiger partial charge is 0.0621 e. The summed E-state index contributed by atoms with van der Waals surface area (Å²) >= 11 is 0. The molecule has 2 fully saturated rings. The molecule has 0 spiro atoms. The first-order valence-corrected chi connectivity index (χ1v) is 5.12. The lowest BCUT2D eigenvalue weighted by atomic mass is 9.64. The van der Waals surface area contributed by atoms with E-state index in [4.69, 9.17) is 5.11 Å². The highest BCUT2D eigenvalue weighted by atomic mass is 16.3. The molecular formula is C10H19NO2. The van der Waals surface area contributed by atoms with Crippen LogP contribution in [0.25, 0.3) is 0 Å². The van der Waals surface area contributed by atoms with E-state index < -0.39 is 0 Å². The fourth-order valence-corrected chi connectivity index (χ4v) is 2.19. The normalized spacial score (nSPS) is 48.0. The fraction of sp³-hybridized carbons (Fsp3) is 1.00. The first kappa shape index (κ1) is 9.44. The van der Waals surface area contributed by atoms with Gasteiger partial charge in [-0.25, -0.2) is 0 Å². The van der Waals surface area contributed by atoms with E-state index in [1.54, 1.807) is 0 Å². The van der Waals surface area contributed by atoms with Crippen LogP contribution in [-0.4, -0.2) is 34.5 Å². The van der Waals surface area contributed by atoms with Crippen LogP contribution in [0.5, 0.6) is 0 Å². The van der Waals surface area contributed by atoms with Crippen molar-refractivity contribution in [1.29, 1.82) is 0 Å². The van der Waals surface area contributed by atoms with Crippen molar-refractivity contribution in [1.82, 2.24) is 5.32 Å². The lowest BCUT2D eigenvalue weighted by Gasteiger charge is -2.52. The second kappa shape index (κ2) is 2.94. The first-order chi connectivity index (χ1) is 6.00. The molecule has 0 radical (unpaired) electrons. The van der Waals surface area contributed by atoms with Crippen LogP contribution < -0.4 is 5.32 Å². The number of nitrogens with one attached hydrogen (secondary N) is 1. The molecule has 0 heterocycles. The van der Waals surface area contributed by atoms with Crippen LogP contribution in [0.4, 0.5) is 0 Å². The third-order valence-electron chi connectivity index (χ3n) is 3.77. The minimum atomic E-state index is -0.157. The summed E-state index contributed by atoms with van der Waals surface area (Å²) in [6.07, 6.45) is 2.37. The van der Waals surface area contributed by atoms with Crippen LogP contribution >= 0.6 is 0 Å². The average molecular weight is 185 g/mol. The average Bonchev–Trinajstić information content (AvgIpc) is 2.00. The minimum absolute atomic E-state index is 0.0144. The SMILES string of the molecule is CC1(C)C(O)CC1NC1CC(O)C1. The Bertz CT molecular complexity index is 199. The second-order valence-corrected chi connectivity index (χ2v) is 5.11. The lowest BCUT2D eigenvalue weighted by molar-refractivity contribution is -0.0843. The molecule has 2 rings (SSSR count). The molecule has 2 aliphatic rings. The third kappa shape index (κ3) is 1.49. The van der Waals surface area contributed by atoms with Gasteiger partial charge in [-0.2, -0.15) is 0 Å². The molecule has 76 valence electrons. The van der Waals surface area contributed by atoms with Gasteiger partial charge < -0.3 is 15.5 Å². The van der Waals surface area contributed by atoms with E-state index in [1.165, 1.54) is 0 Å². The van der Waals surface area contributed by atoms with E-state index in [2.05, 4.69) is 19.2 Å². The van der Waals surface area contributed by atoms with Crippen molar-refractivity contribution in [2.75, 3.05) is 0 Å². The Labute approximate surface area is 79.2 Å². The molecule has 2 atom stereocenters. The van der Waals surface area contributed by atoms with Gasteiger partial charge in [0.05, 0.1) is 12.2 Å². The van der Waals surface area contributed by atoms with Gasteiger partial charge in [0.2, 0.25) is 0 Å². The Balaban J connectivity index is 1.78. The molecule has 0 amide bonds. The molecule has 3 N–H and O–H groups in total. The monoisotopic (exact) mass is 185 g/mol. The van der Waals surface area contributed by atoms with Crippen LogP contribution in [0.2, 0.25) is 0 Å². The maximum Gasteiger partial charge on any atom is 0.0621 e. The maximum absolute atomic E-state index is 9.51. The summed E-state index contributed by atoms with van der Waals surface area (Å²) in [6.45, 7) is 4.18. The van der Waals surface area contributed by atoms with E-state index >= 15 is 0 Å². The highest BCUT2D eigenvalue weighted by Crippen LogP contribution is 2.41. The molecule has 3 heteroatoms. The van der Waals surface area contributed by atoms with E-state index in [-0.39, 0.29) is 17.6 Å². The largest absolute Gasteiger partial charge is 0.393 e. The minimum Gasteiger partial charge on any atom is -0.393 e. The van der Waals surface area contributed by atoms with Crippen molar-refractivity contribution in [2.45, 2.75) is 57.4 Å². The van der Waals surface area contributed by atoms with Crippen LogP contribution in [0.15, 0.2) is 0 Å². The Morgan fingerprint density at radius 2 is 1.77 bits per heavy atom. The third-order valence-corrected chi connectivity index (χ3v) is 3.77. The molecule has 0 aromatic heterocycles. The Hall–Kier alpha value is -0.120. The predicted octanol–water partition coefficient (Wildman–Crippen LogP) is 0.259. The van der Waals surface area contributed by atoms with E-state index in [0.717, 1.165) is 19.3 Å². The maximum atomic E-state index is 9.51. The Morgan fingerprint density at radius 1 is 1.15 bits per heavy atom. The number of hydrogen-bond donors (Lipinski definition) is 3. The van der Waals surface area contributed by atoms with Gasteiger partial charge in [-0.3, -0.25) is 0 Å². The molecule has 0 aromatic carbocycles. The summed E-state index contributed by atoms with van der Waals surface area (Å²) in [6, 6.07) is 0.909. The summed E-state index contributed by atoms with van der Waals surface area (Å²) in [7, 11) is 0. The molecule has 2 saturated carbocycles. The zero-order valence-electron chi connectivity index (χ0n) is 8.33. The van der Waals surface area contributed by atoms with Gasteiger partial charge in [0, 0.05) is 17.5 Å². The molecule has 3 nitrogen and oxygen atoms in total. The van der Waals surface area contributed by atoms with E-state index in [1.807, 2.05) is 0 Å². The zero-order chi connectivity index (χ0) is 9.64. The predicted molar refractivity (Wildman–Crippen MR) is 50.4 cm³/mol. The fourth-order valence-electron chi connectivity index (χ4n) is 2.19. The molecule has 0 aromatic rings. The van der Waals surface area contributed by atoms with E-state index in [0.29, 0.717) is 12.1 Å². The molecule has 2 aliphatic carbocycles. The zero-order valence-corrected chi connectivity index (χ0v) is 8.33. The lowest BCUT2D eigenvalue weighted by Crippen LogP contribution is -2.64. The van der Waals surface area contributed by atoms with E-state index in [9.17, 15) is 5.11 Å². The first-order valence-electron chi connectivity index (χ1n) is 5.12. The van der Waals surface area contributed by atoms with Gasteiger partial charge in [-0.1, -0.05) is 13.8 Å². The van der Waals surface area contributed by atoms with Gasteiger partial charge in [0.1, 0.15) is 0 Å². The summed E-state index contributed by atoms with van der Waals surface area (Å²) in [5, 5.41) is 22.1. The van der Waals surface area contributed by atoms with Gasteiger partial charge in [-0.15, -0.1) is 0 Å². The summed E-state index contributed by atoms with van der Waals surface area (Å²) < 4.78 is 0. The standard InChI is InChI=1S/C10H19NO2/c1-10(2)8(5-9(10)13)11-6-3-7(12)4-6/h6-9,11-13H,3-5H2,1-2H3. The number of hydrogen-bond acceptors (Lipinski definition) is 3. The summed E-state index contributed by atoms with van der Waals surface area (Å²) in [5.74, 6) is 0. The van der Waals surface area contributed by atoms with Crippen LogP contribution in [0, 0.1) is 5.41 Å². The number of aliphatic hydroxyl groups is 2. The summed E-state index contributed by atoms with van der Waals surface area (Å²) in [4.78, 5) is 0. The van der Waals surface area contributed by atoms with Crippen LogP contribution in [0.3, 0.4) is 0 Å². The van der Waals surface area contributed by atoms with Crippen molar-refractivity contribution in [3.8, 4) is 0 Å². The van der Waals surface area contributed by atoms with Crippen molar-refractivity contribution >= 4 is 0 Å². The van der Waals surface area contributed by atoms with Crippen molar-refractivity contribution in [3.63, 3.8) is 0 Å². The van der Waals surface area contributed by atoms with Crippen molar-refractivity contribution in [2.24, 2.45) is 5.41 Å². The van der Waals surface area contributed by atoms with Crippen LogP contribution in [-0.2, 0) is 0 Å². The second-order valence-electron chi connectivity index (χ2n) is 5.11. The Kier molecular flexibility index (Phi) is 2.13. The molecule has 2 unspecified atom stereocenters. The van der Waals surface area contributed by atoms with Gasteiger partial charge in [-0.05, 0) is 19.3 Å². The quantitative estimate of drug-likeness (QED) is 0.578. The summed E-state index contributed by atoms with van der Waals surface area (Å²) in [5.41, 5.74) is 0.0144. The van der Waals surface area contributed by atoms with Gasteiger partial charge >= 0.3 is 0 Å². The molecular weight excluding hydrogens is 166 g/mol. The molecule has 0 saturated heterocycles. The Morgan fingerprint density at radius 3 is 2.15 bits per heavy atom. The molecule has 0 bridgehead atoms. The van der Waals surface area contributed by atoms with Gasteiger partial charge in [0.15, 0.2) is 0 Å². The highest BCUT2D eigenvalue weighted by molar-refractivity contribution is 5.04. The number of aliphatic hydroxyl groups excluding tert-OH is 2. The van der Waals surface area contributed by atoms with Crippen molar-refractivity contribution < 1.29 is 10.2 Å².